The highest BCUT2D eigenvalue weighted by molar-refractivity contribution is 5.24. The van der Waals surface area contributed by atoms with Crippen molar-refractivity contribution in [2.75, 3.05) is 26.2 Å². The van der Waals surface area contributed by atoms with E-state index in [9.17, 15) is 5.11 Å². The van der Waals surface area contributed by atoms with Crippen LogP contribution in [0, 0.1) is 5.92 Å². The summed E-state index contributed by atoms with van der Waals surface area (Å²) in [7, 11) is 0. The molecule has 0 saturated carbocycles. The van der Waals surface area contributed by atoms with E-state index in [1.165, 1.54) is 6.42 Å². The minimum Gasteiger partial charge on any atom is -0.394 e. The number of nitrogens with zero attached hydrogens (tertiary/aromatic N) is 1. The summed E-state index contributed by atoms with van der Waals surface area (Å²) in [5.41, 5.74) is 6.74. The first kappa shape index (κ1) is 16.2. The first-order valence-electron chi connectivity index (χ1n) is 7.23. The lowest BCUT2D eigenvalue weighted by Crippen LogP contribution is -2.51. The Labute approximate surface area is 117 Å². The Bertz CT molecular complexity index is 355. The number of benzene rings is 1. The number of likely N-dealkylation sites (N-methyl/N-ethyl adjacent to an activating group) is 1. The Morgan fingerprint density at radius 3 is 2.37 bits per heavy atom. The molecule has 0 aromatic heterocycles. The van der Waals surface area contributed by atoms with Crippen molar-refractivity contribution >= 4 is 0 Å². The summed E-state index contributed by atoms with van der Waals surface area (Å²) in [4.78, 5) is 2.33. The lowest BCUT2D eigenvalue weighted by Gasteiger charge is -2.35. The molecule has 1 aromatic carbocycles. The van der Waals surface area contributed by atoms with Gasteiger partial charge in [-0.1, -0.05) is 57.5 Å². The molecule has 0 bridgehead atoms. The van der Waals surface area contributed by atoms with Crippen LogP contribution in [0.25, 0.3) is 0 Å². The largest absolute Gasteiger partial charge is 0.394 e. The molecule has 0 heterocycles. The van der Waals surface area contributed by atoms with Gasteiger partial charge in [0.25, 0.3) is 0 Å². The maximum atomic E-state index is 9.72. The highest BCUT2D eigenvalue weighted by Gasteiger charge is 2.29. The topological polar surface area (TPSA) is 49.5 Å². The van der Waals surface area contributed by atoms with Crippen molar-refractivity contribution in [1.29, 1.82) is 0 Å². The predicted molar refractivity (Wildman–Crippen MR) is 81.0 cm³/mol. The van der Waals surface area contributed by atoms with E-state index in [1.807, 2.05) is 30.3 Å². The van der Waals surface area contributed by atoms with Crippen molar-refractivity contribution in [2.24, 2.45) is 11.7 Å². The zero-order chi connectivity index (χ0) is 14.3. The van der Waals surface area contributed by atoms with Crippen molar-refractivity contribution in [3.8, 4) is 0 Å². The summed E-state index contributed by atoms with van der Waals surface area (Å²) in [6.07, 6.45) is 1.17. The van der Waals surface area contributed by atoms with Crippen LogP contribution in [-0.2, 0) is 5.54 Å². The van der Waals surface area contributed by atoms with Gasteiger partial charge in [-0.05, 0) is 18.0 Å². The van der Waals surface area contributed by atoms with Crippen molar-refractivity contribution < 1.29 is 5.11 Å². The second kappa shape index (κ2) is 7.63. The Balaban J connectivity index is 2.79. The summed E-state index contributed by atoms with van der Waals surface area (Å²) in [6.45, 7) is 9.24. The van der Waals surface area contributed by atoms with Crippen LogP contribution in [0.4, 0.5) is 0 Å². The fraction of sp³-hybridized carbons (Fsp3) is 0.625. The highest BCUT2D eigenvalue weighted by Crippen LogP contribution is 2.20. The van der Waals surface area contributed by atoms with Gasteiger partial charge in [-0.3, -0.25) is 0 Å². The molecule has 0 aliphatic rings. The first-order chi connectivity index (χ1) is 9.05. The second-order valence-corrected chi connectivity index (χ2v) is 5.52. The normalized spacial score (nSPS) is 16.3. The maximum absolute atomic E-state index is 9.72. The van der Waals surface area contributed by atoms with Gasteiger partial charge in [-0.15, -0.1) is 0 Å². The molecule has 0 spiro atoms. The minimum atomic E-state index is -0.676. The van der Waals surface area contributed by atoms with Gasteiger partial charge in [0.2, 0.25) is 0 Å². The molecule has 0 aliphatic heterocycles. The van der Waals surface area contributed by atoms with Crippen molar-refractivity contribution in [3.05, 3.63) is 35.9 Å². The molecule has 0 radical (unpaired) electrons. The van der Waals surface area contributed by atoms with Crippen LogP contribution < -0.4 is 5.73 Å². The predicted octanol–water partition coefficient (Wildman–Crippen LogP) is 2.20. The average Bonchev–Trinajstić information content (AvgIpc) is 2.47. The van der Waals surface area contributed by atoms with Crippen LogP contribution >= 0.6 is 0 Å². The quantitative estimate of drug-likeness (QED) is 0.757. The molecular formula is C16H28N2O. The van der Waals surface area contributed by atoms with E-state index in [-0.39, 0.29) is 6.61 Å². The van der Waals surface area contributed by atoms with Crippen LogP contribution in [0.1, 0.15) is 32.8 Å². The van der Waals surface area contributed by atoms with Crippen molar-refractivity contribution in [3.63, 3.8) is 0 Å². The number of hydrogen-bond acceptors (Lipinski definition) is 3. The Morgan fingerprint density at radius 1 is 1.26 bits per heavy atom. The number of nitrogens with two attached hydrogens (primary N) is 1. The summed E-state index contributed by atoms with van der Waals surface area (Å²) in [6, 6.07) is 9.90. The molecule has 0 fully saturated rings. The Kier molecular flexibility index (Phi) is 6.49. The Morgan fingerprint density at radius 2 is 1.89 bits per heavy atom. The van der Waals surface area contributed by atoms with Crippen LogP contribution in [0.3, 0.4) is 0 Å². The van der Waals surface area contributed by atoms with Crippen LogP contribution in [-0.4, -0.2) is 36.2 Å². The molecule has 108 valence electrons. The molecule has 1 aromatic rings. The molecule has 1 rings (SSSR count). The fourth-order valence-electron chi connectivity index (χ4n) is 2.28. The summed E-state index contributed by atoms with van der Waals surface area (Å²) >= 11 is 0. The summed E-state index contributed by atoms with van der Waals surface area (Å²) in [5, 5.41) is 9.72. The number of rotatable bonds is 8. The smallest absolute Gasteiger partial charge is 0.0772 e. The van der Waals surface area contributed by atoms with Gasteiger partial charge in [0.05, 0.1) is 12.1 Å². The molecule has 3 heteroatoms. The molecule has 2 unspecified atom stereocenters. The third-order valence-electron chi connectivity index (χ3n) is 3.85. The lowest BCUT2D eigenvalue weighted by atomic mass is 9.91. The van der Waals surface area contributed by atoms with Gasteiger partial charge in [0.15, 0.2) is 0 Å². The molecule has 2 atom stereocenters. The fourth-order valence-corrected chi connectivity index (χ4v) is 2.28. The minimum absolute atomic E-state index is 0.0337. The van der Waals surface area contributed by atoms with Gasteiger partial charge in [-0.2, -0.15) is 0 Å². The number of aliphatic hydroxyl groups excluding tert-OH is 1. The highest BCUT2D eigenvalue weighted by atomic mass is 16.3. The second-order valence-electron chi connectivity index (χ2n) is 5.52. The molecular weight excluding hydrogens is 236 g/mol. The molecule has 0 saturated heterocycles. The Hall–Kier alpha value is -0.900. The van der Waals surface area contributed by atoms with E-state index in [0.29, 0.717) is 12.5 Å². The SMILES string of the molecule is CCC(C)CN(CC)CC(N)(CO)c1ccccc1. The zero-order valence-corrected chi connectivity index (χ0v) is 12.5. The third-order valence-corrected chi connectivity index (χ3v) is 3.85. The van der Waals surface area contributed by atoms with E-state index in [1.54, 1.807) is 0 Å². The van der Waals surface area contributed by atoms with E-state index in [4.69, 9.17) is 5.73 Å². The molecule has 3 N–H and O–H groups in total. The van der Waals surface area contributed by atoms with E-state index >= 15 is 0 Å². The molecule has 19 heavy (non-hydrogen) atoms. The number of aliphatic hydroxyl groups is 1. The van der Waals surface area contributed by atoms with Gasteiger partial charge in [0, 0.05) is 13.1 Å². The van der Waals surface area contributed by atoms with Gasteiger partial charge in [-0.25, -0.2) is 0 Å². The summed E-state index contributed by atoms with van der Waals surface area (Å²) < 4.78 is 0. The third kappa shape index (κ3) is 4.60. The number of hydrogen-bond donors (Lipinski definition) is 2. The van der Waals surface area contributed by atoms with E-state index in [2.05, 4.69) is 25.7 Å². The first-order valence-corrected chi connectivity index (χ1v) is 7.23. The van der Waals surface area contributed by atoms with Crippen LogP contribution in [0.2, 0.25) is 0 Å². The monoisotopic (exact) mass is 264 g/mol. The van der Waals surface area contributed by atoms with Gasteiger partial charge < -0.3 is 15.7 Å². The zero-order valence-electron chi connectivity index (χ0n) is 12.5. The van der Waals surface area contributed by atoms with Crippen molar-refractivity contribution in [2.45, 2.75) is 32.7 Å². The van der Waals surface area contributed by atoms with E-state index in [0.717, 1.165) is 18.7 Å². The maximum Gasteiger partial charge on any atom is 0.0772 e. The molecule has 0 aliphatic carbocycles. The van der Waals surface area contributed by atoms with Crippen LogP contribution in [0.15, 0.2) is 30.3 Å². The average molecular weight is 264 g/mol. The standard InChI is InChI=1S/C16H28N2O/c1-4-14(3)11-18(5-2)12-16(17,13-19)15-9-7-6-8-10-15/h6-10,14,19H,4-5,11-13,17H2,1-3H3. The van der Waals surface area contributed by atoms with Crippen LogP contribution in [0.5, 0.6) is 0 Å². The van der Waals surface area contributed by atoms with Crippen molar-refractivity contribution in [1.82, 2.24) is 4.90 Å². The lowest BCUT2D eigenvalue weighted by molar-refractivity contribution is 0.129. The molecule has 3 nitrogen and oxygen atoms in total. The molecule has 0 amide bonds. The van der Waals surface area contributed by atoms with Gasteiger partial charge >= 0.3 is 0 Å². The van der Waals surface area contributed by atoms with E-state index < -0.39 is 5.54 Å². The summed E-state index contributed by atoms with van der Waals surface area (Å²) in [5.74, 6) is 0.652. The van der Waals surface area contributed by atoms with Gasteiger partial charge in [0.1, 0.15) is 0 Å².